The smallest absolute Gasteiger partial charge is 0.377 e. The number of alkyl halides is 3. The minimum absolute atomic E-state index is 0.331. The maximum absolute atomic E-state index is 12.8. The van der Waals surface area contributed by atoms with Gasteiger partial charge in [0, 0.05) is 11.3 Å². The molecule has 0 aliphatic rings. The number of rotatable bonds is 5. The molecule has 0 amide bonds. The Kier molecular flexibility index (Phi) is 6.72. The second-order valence-corrected chi connectivity index (χ2v) is 7.12. The molecule has 3 aromatic rings. The van der Waals surface area contributed by atoms with Crippen LogP contribution in [0.25, 0.3) is 11.1 Å². The van der Waals surface area contributed by atoms with Crippen molar-refractivity contribution < 1.29 is 13.2 Å². The average molecular weight is 413 g/mol. The summed E-state index contributed by atoms with van der Waals surface area (Å²) in [4.78, 5) is 0. The first kappa shape index (κ1) is 20.7. The predicted molar refractivity (Wildman–Crippen MR) is 114 cm³/mol. The quantitative estimate of drug-likeness (QED) is 0.319. The van der Waals surface area contributed by atoms with Crippen LogP contribution >= 0.6 is 11.8 Å². The number of benzene rings is 3. The number of amidine groups is 1. The van der Waals surface area contributed by atoms with Crippen molar-refractivity contribution in [2.24, 2.45) is 15.9 Å². The summed E-state index contributed by atoms with van der Waals surface area (Å²) in [5.74, 6) is 0.688. The number of hydrogen-bond donors (Lipinski definition) is 1. The molecule has 0 heterocycles. The lowest BCUT2D eigenvalue weighted by atomic mass is 9.99. The molecule has 0 bridgehead atoms. The molecule has 0 spiro atoms. The highest BCUT2D eigenvalue weighted by atomic mass is 32.2. The van der Waals surface area contributed by atoms with E-state index in [0.717, 1.165) is 28.8 Å². The van der Waals surface area contributed by atoms with Crippen molar-refractivity contribution in [2.75, 3.05) is 0 Å². The third kappa shape index (κ3) is 5.96. The summed E-state index contributed by atoms with van der Waals surface area (Å²) < 4.78 is 38.3. The zero-order chi connectivity index (χ0) is 20.7. The second-order valence-electron chi connectivity index (χ2n) is 6.12. The molecule has 0 aliphatic heterocycles. The van der Waals surface area contributed by atoms with Gasteiger partial charge in [0.05, 0.1) is 11.8 Å². The van der Waals surface area contributed by atoms with Crippen LogP contribution in [-0.4, -0.2) is 11.4 Å². The van der Waals surface area contributed by atoms with E-state index in [9.17, 15) is 13.2 Å². The van der Waals surface area contributed by atoms with Crippen LogP contribution in [0.15, 0.2) is 89.1 Å². The highest BCUT2D eigenvalue weighted by Gasteiger charge is 2.30. The second kappa shape index (κ2) is 9.43. The molecule has 2 N–H and O–H groups in total. The van der Waals surface area contributed by atoms with E-state index in [1.165, 1.54) is 23.9 Å². The predicted octanol–water partition coefficient (Wildman–Crippen LogP) is 5.95. The van der Waals surface area contributed by atoms with Crippen LogP contribution in [0.3, 0.4) is 0 Å². The summed E-state index contributed by atoms with van der Waals surface area (Å²) in [6.07, 6.45) is -2.81. The molecule has 148 valence electrons. The Balaban J connectivity index is 1.71. The van der Waals surface area contributed by atoms with Crippen LogP contribution in [0.5, 0.6) is 0 Å². The van der Waals surface area contributed by atoms with E-state index in [2.05, 4.69) is 10.2 Å². The van der Waals surface area contributed by atoms with E-state index in [-0.39, 0.29) is 0 Å². The molecule has 3 aromatic carbocycles. The molecule has 3 nitrogen and oxygen atoms in total. The Hall–Kier alpha value is -3.06. The summed E-state index contributed by atoms with van der Waals surface area (Å²) >= 11 is 1.38. The van der Waals surface area contributed by atoms with E-state index in [4.69, 9.17) is 5.73 Å². The molecule has 3 rings (SSSR count). The number of thioether (sulfide) groups is 1. The zero-order valence-electron chi connectivity index (χ0n) is 15.3. The van der Waals surface area contributed by atoms with Crippen molar-refractivity contribution in [3.8, 4) is 11.1 Å². The van der Waals surface area contributed by atoms with Gasteiger partial charge in [-0.1, -0.05) is 78.5 Å². The Labute approximate surface area is 171 Å². The highest BCUT2D eigenvalue weighted by molar-refractivity contribution is 8.13. The topological polar surface area (TPSA) is 50.7 Å². The van der Waals surface area contributed by atoms with Gasteiger partial charge in [0.1, 0.15) is 0 Å². The third-order valence-corrected chi connectivity index (χ3v) is 4.92. The van der Waals surface area contributed by atoms with Gasteiger partial charge in [-0.25, -0.2) is 0 Å². The van der Waals surface area contributed by atoms with Crippen LogP contribution in [0.4, 0.5) is 13.2 Å². The van der Waals surface area contributed by atoms with Crippen LogP contribution in [0, 0.1) is 0 Å². The largest absolute Gasteiger partial charge is 0.416 e. The minimum atomic E-state index is -4.36. The summed E-state index contributed by atoms with van der Waals surface area (Å²) in [6.45, 7) is 0. The molecule has 0 fully saturated rings. The van der Waals surface area contributed by atoms with E-state index in [0.29, 0.717) is 16.5 Å². The Morgan fingerprint density at radius 2 is 1.55 bits per heavy atom. The fourth-order valence-electron chi connectivity index (χ4n) is 2.62. The first-order valence-corrected chi connectivity index (χ1v) is 9.72. The summed E-state index contributed by atoms with van der Waals surface area (Å²) in [6, 6.07) is 22.2. The van der Waals surface area contributed by atoms with Gasteiger partial charge in [0.25, 0.3) is 0 Å². The molecule has 0 saturated heterocycles. The summed E-state index contributed by atoms with van der Waals surface area (Å²) in [5.41, 5.74) is 8.49. The van der Waals surface area contributed by atoms with E-state index < -0.39 is 11.7 Å². The number of nitrogens with zero attached hydrogens (tertiary/aromatic N) is 2. The standard InChI is InChI=1S/C22H18F3N3S/c23-22(24,25)19-12-10-17(11-13-19)20-9-5-4-8-18(20)14-27-28-21(26)29-15-16-6-2-1-3-7-16/h1-14H,15H2,(H2,26,28). The van der Waals surface area contributed by atoms with Gasteiger partial charge in [0.2, 0.25) is 0 Å². The molecule has 0 radical (unpaired) electrons. The molecule has 7 heteroatoms. The van der Waals surface area contributed by atoms with Crippen molar-refractivity contribution in [3.05, 3.63) is 95.6 Å². The Bertz CT molecular complexity index is 998. The zero-order valence-corrected chi connectivity index (χ0v) is 16.1. The van der Waals surface area contributed by atoms with Gasteiger partial charge in [0.15, 0.2) is 5.17 Å². The van der Waals surface area contributed by atoms with Gasteiger partial charge >= 0.3 is 6.18 Å². The van der Waals surface area contributed by atoms with Crippen LogP contribution in [0.2, 0.25) is 0 Å². The van der Waals surface area contributed by atoms with E-state index in [1.807, 2.05) is 54.6 Å². The molecular formula is C22H18F3N3S. The molecule has 0 aromatic heterocycles. The SMILES string of the molecule is NC(=NN=Cc1ccccc1-c1ccc(C(F)(F)F)cc1)SCc1ccccc1. The van der Waals surface area contributed by atoms with Gasteiger partial charge in [-0.2, -0.15) is 18.3 Å². The molecule has 0 aliphatic carbocycles. The maximum atomic E-state index is 12.8. The van der Waals surface area contributed by atoms with Gasteiger partial charge in [-0.15, -0.1) is 5.10 Å². The van der Waals surface area contributed by atoms with Crippen LogP contribution < -0.4 is 5.73 Å². The van der Waals surface area contributed by atoms with Crippen LogP contribution in [-0.2, 0) is 11.9 Å². The van der Waals surface area contributed by atoms with Crippen molar-refractivity contribution in [3.63, 3.8) is 0 Å². The lowest BCUT2D eigenvalue weighted by molar-refractivity contribution is -0.137. The number of nitrogens with two attached hydrogens (primary N) is 1. The highest BCUT2D eigenvalue weighted by Crippen LogP contribution is 2.31. The van der Waals surface area contributed by atoms with Crippen LogP contribution in [0.1, 0.15) is 16.7 Å². The molecule has 0 atom stereocenters. The van der Waals surface area contributed by atoms with Crippen molar-refractivity contribution in [1.29, 1.82) is 0 Å². The monoisotopic (exact) mass is 413 g/mol. The van der Waals surface area contributed by atoms with Gasteiger partial charge in [-0.3, -0.25) is 0 Å². The first-order valence-electron chi connectivity index (χ1n) is 8.73. The number of hydrogen-bond acceptors (Lipinski definition) is 3. The average Bonchev–Trinajstić information content (AvgIpc) is 2.73. The minimum Gasteiger partial charge on any atom is -0.377 e. The van der Waals surface area contributed by atoms with E-state index >= 15 is 0 Å². The normalized spacial score (nSPS) is 12.4. The Morgan fingerprint density at radius 3 is 2.24 bits per heavy atom. The lowest BCUT2D eigenvalue weighted by Crippen LogP contribution is -2.06. The summed E-state index contributed by atoms with van der Waals surface area (Å²) in [7, 11) is 0. The molecule has 0 saturated carbocycles. The fraction of sp³-hybridized carbons (Fsp3) is 0.0909. The summed E-state index contributed by atoms with van der Waals surface area (Å²) in [5, 5.41) is 8.36. The first-order chi connectivity index (χ1) is 13.9. The molecular weight excluding hydrogens is 395 g/mol. The molecule has 29 heavy (non-hydrogen) atoms. The van der Waals surface area contributed by atoms with Gasteiger partial charge < -0.3 is 5.73 Å². The van der Waals surface area contributed by atoms with Gasteiger partial charge in [-0.05, 0) is 28.8 Å². The van der Waals surface area contributed by atoms with Crippen molar-refractivity contribution >= 4 is 23.1 Å². The Morgan fingerprint density at radius 1 is 0.897 bits per heavy atom. The van der Waals surface area contributed by atoms with E-state index in [1.54, 1.807) is 6.21 Å². The van der Waals surface area contributed by atoms with Crippen molar-refractivity contribution in [1.82, 2.24) is 0 Å². The lowest BCUT2D eigenvalue weighted by Gasteiger charge is -2.09. The molecule has 0 unspecified atom stereocenters. The maximum Gasteiger partial charge on any atom is 0.416 e. The number of halogens is 3. The van der Waals surface area contributed by atoms with Crippen molar-refractivity contribution in [2.45, 2.75) is 11.9 Å². The third-order valence-electron chi connectivity index (χ3n) is 4.07. The fourth-order valence-corrected chi connectivity index (χ4v) is 3.23.